The Balaban J connectivity index is 2.53. The van der Waals surface area contributed by atoms with E-state index < -0.39 is 0 Å². The van der Waals surface area contributed by atoms with E-state index in [-0.39, 0.29) is 0 Å². The first-order valence-corrected chi connectivity index (χ1v) is 3.75. The Hall–Kier alpha value is -1.38. The van der Waals surface area contributed by atoms with Crippen molar-refractivity contribution < 1.29 is 0 Å². The predicted molar refractivity (Wildman–Crippen MR) is 41.2 cm³/mol. The van der Waals surface area contributed by atoms with Gasteiger partial charge >= 0.3 is 0 Å². The van der Waals surface area contributed by atoms with Gasteiger partial charge in [0, 0.05) is 19.2 Å². The van der Waals surface area contributed by atoms with Crippen LogP contribution in [0.5, 0.6) is 0 Å². The molecule has 0 fully saturated rings. The quantitative estimate of drug-likeness (QED) is 0.553. The highest BCUT2D eigenvalue weighted by Gasteiger charge is 2.17. The van der Waals surface area contributed by atoms with Crippen LogP contribution >= 0.6 is 0 Å². The van der Waals surface area contributed by atoms with E-state index in [1.165, 1.54) is 5.82 Å². The third-order valence-corrected chi connectivity index (χ3v) is 2.14. The molecule has 1 aliphatic heterocycles. The summed E-state index contributed by atoms with van der Waals surface area (Å²) in [5.41, 5.74) is 2.06. The van der Waals surface area contributed by atoms with Gasteiger partial charge in [-0.2, -0.15) is 0 Å². The fraction of sp³-hybridized carbons (Fsp3) is 0.250. The van der Waals surface area contributed by atoms with Gasteiger partial charge in [0.15, 0.2) is 5.65 Å². The molecule has 3 rings (SSSR count). The highest BCUT2D eigenvalue weighted by Crippen LogP contribution is 2.20. The number of hydrogen-bond donors (Lipinski definition) is 0. The van der Waals surface area contributed by atoms with Crippen LogP contribution in [0.2, 0.25) is 0 Å². The first-order chi connectivity index (χ1) is 5.45. The van der Waals surface area contributed by atoms with Gasteiger partial charge in [-0.15, -0.1) is 0 Å². The molecule has 3 heterocycles. The minimum atomic E-state index is 1.03. The van der Waals surface area contributed by atoms with Gasteiger partial charge in [-0.3, -0.25) is 0 Å². The van der Waals surface area contributed by atoms with E-state index in [1.807, 2.05) is 18.3 Å². The summed E-state index contributed by atoms with van der Waals surface area (Å²) in [5.74, 6) is 1.18. The van der Waals surface area contributed by atoms with E-state index in [0.717, 1.165) is 24.1 Å². The summed E-state index contributed by atoms with van der Waals surface area (Å²) in [6.45, 7) is 1.09. The van der Waals surface area contributed by atoms with E-state index in [0.29, 0.717) is 0 Å². The smallest absolute Gasteiger partial charge is 0.159 e. The molecule has 0 spiro atoms. The maximum absolute atomic E-state index is 4.40. The van der Waals surface area contributed by atoms with Crippen LogP contribution in [-0.2, 0) is 13.0 Å². The lowest BCUT2D eigenvalue weighted by atomic mass is 10.3. The number of rotatable bonds is 0. The topological polar surface area (TPSA) is 30.7 Å². The van der Waals surface area contributed by atoms with Crippen LogP contribution in [0.25, 0.3) is 11.2 Å². The number of pyridine rings is 1. The molecule has 0 atom stereocenters. The predicted octanol–water partition coefficient (Wildman–Crippen LogP) is 0.987. The maximum atomic E-state index is 4.40. The zero-order chi connectivity index (χ0) is 7.26. The first kappa shape index (κ1) is 5.29. The molecule has 2 aromatic rings. The Bertz CT molecular complexity index is 416. The molecule has 1 aliphatic rings. The molecule has 11 heavy (non-hydrogen) atoms. The molecule has 0 bridgehead atoms. The lowest BCUT2D eigenvalue weighted by Crippen LogP contribution is -2.17. The third kappa shape index (κ3) is 0.533. The highest BCUT2D eigenvalue weighted by molar-refractivity contribution is 5.71. The van der Waals surface area contributed by atoms with Gasteiger partial charge in [0.25, 0.3) is 0 Å². The molecule has 0 unspecified atom stereocenters. The Morgan fingerprint density at radius 3 is 3.27 bits per heavy atom. The largest absolute Gasteiger partial charge is 0.312 e. The normalized spacial score (nSPS) is 14.5. The lowest BCUT2D eigenvalue weighted by molar-refractivity contribution is 0.550. The van der Waals surface area contributed by atoms with E-state index in [2.05, 4.69) is 14.5 Å². The second-order valence-electron chi connectivity index (χ2n) is 2.78. The van der Waals surface area contributed by atoms with Crippen molar-refractivity contribution in [2.45, 2.75) is 13.0 Å². The summed E-state index contributed by atoms with van der Waals surface area (Å²) < 4.78 is 2.16. The van der Waals surface area contributed by atoms with Gasteiger partial charge in [0.1, 0.15) is 11.3 Å². The molecule has 0 aromatic carbocycles. The summed E-state index contributed by atoms with van der Waals surface area (Å²) in [4.78, 5) is 8.65. The monoisotopic (exact) mass is 145 g/mol. The Morgan fingerprint density at radius 2 is 2.45 bits per heavy atom. The van der Waals surface area contributed by atoms with Crippen molar-refractivity contribution in [1.29, 1.82) is 0 Å². The SMILES string of the molecule is c1cnc2c(c1)nc1n2CC1. The van der Waals surface area contributed by atoms with Crippen molar-refractivity contribution in [3.63, 3.8) is 0 Å². The minimum absolute atomic E-state index is 1.03. The molecule has 0 amide bonds. The van der Waals surface area contributed by atoms with Crippen molar-refractivity contribution in [3.8, 4) is 0 Å². The van der Waals surface area contributed by atoms with Crippen molar-refractivity contribution in [2.75, 3.05) is 0 Å². The first-order valence-electron chi connectivity index (χ1n) is 3.75. The van der Waals surface area contributed by atoms with Crippen LogP contribution in [-0.4, -0.2) is 14.5 Å². The lowest BCUT2D eigenvalue weighted by Gasteiger charge is -2.14. The van der Waals surface area contributed by atoms with Gasteiger partial charge in [0.05, 0.1) is 0 Å². The summed E-state index contributed by atoms with van der Waals surface area (Å²) in [5, 5.41) is 0. The van der Waals surface area contributed by atoms with Gasteiger partial charge in [-0.05, 0) is 12.1 Å². The van der Waals surface area contributed by atoms with Crippen LogP contribution in [0.3, 0.4) is 0 Å². The number of hydrogen-bond acceptors (Lipinski definition) is 2. The molecular formula is C8H7N3. The number of nitrogens with zero attached hydrogens (tertiary/aromatic N) is 3. The zero-order valence-corrected chi connectivity index (χ0v) is 5.99. The second-order valence-corrected chi connectivity index (χ2v) is 2.78. The molecular weight excluding hydrogens is 138 g/mol. The number of aryl methyl sites for hydroxylation is 2. The highest BCUT2D eigenvalue weighted by atomic mass is 15.2. The summed E-state index contributed by atoms with van der Waals surface area (Å²) >= 11 is 0. The molecule has 54 valence electrons. The van der Waals surface area contributed by atoms with E-state index >= 15 is 0 Å². The van der Waals surface area contributed by atoms with Crippen molar-refractivity contribution in [2.24, 2.45) is 0 Å². The van der Waals surface area contributed by atoms with Crippen LogP contribution in [0, 0.1) is 0 Å². The number of imidazole rings is 1. The van der Waals surface area contributed by atoms with Crippen LogP contribution < -0.4 is 0 Å². The number of fused-ring (bicyclic) bond motifs is 3. The molecule has 0 aliphatic carbocycles. The molecule has 0 saturated heterocycles. The fourth-order valence-corrected chi connectivity index (χ4v) is 1.49. The maximum Gasteiger partial charge on any atom is 0.159 e. The van der Waals surface area contributed by atoms with Gasteiger partial charge < -0.3 is 4.57 Å². The summed E-state index contributed by atoms with van der Waals surface area (Å²) in [6, 6.07) is 3.93. The number of aromatic nitrogens is 3. The molecule has 3 heteroatoms. The summed E-state index contributed by atoms with van der Waals surface area (Å²) in [7, 11) is 0. The zero-order valence-electron chi connectivity index (χ0n) is 5.99. The summed E-state index contributed by atoms with van der Waals surface area (Å²) in [6.07, 6.45) is 2.92. The van der Waals surface area contributed by atoms with Crippen molar-refractivity contribution in [3.05, 3.63) is 24.2 Å². The van der Waals surface area contributed by atoms with Crippen molar-refractivity contribution >= 4 is 11.2 Å². The van der Waals surface area contributed by atoms with E-state index in [9.17, 15) is 0 Å². The minimum Gasteiger partial charge on any atom is -0.312 e. The Labute approximate surface area is 63.7 Å². The fourth-order valence-electron chi connectivity index (χ4n) is 1.49. The Kier molecular flexibility index (Phi) is 0.776. The van der Waals surface area contributed by atoms with Crippen LogP contribution in [0.4, 0.5) is 0 Å². The molecule has 3 nitrogen and oxygen atoms in total. The van der Waals surface area contributed by atoms with Gasteiger partial charge in [-0.1, -0.05) is 0 Å². The average molecular weight is 145 g/mol. The van der Waals surface area contributed by atoms with E-state index in [4.69, 9.17) is 0 Å². The standard InChI is InChI=1S/C8H7N3/c1-2-6-8(9-4-1)11-5-3-7(11)10-6/h1-2,4H,3,5H2. The Morgan fingerprint density at radius 1 is 1.45 bits per heavy atom. The van der Waals surface area contributed by atoms with Gasteiger partial charge in [0.2, 0.25) is 0 Å². The van der Waals surface area contributed by atoms with Crippen LogP contribution in [0.1, 0.15) is 5.82 Å². The molecule has 0 radical (unpaired) electrons. The molecule has 0 saturated carbocycles. The molecule has 2 aromatic heterocycles. The van der Waals surface area contributed by atoms with E-state index in [1.54, 1.807) is 0 Å². The van der Waals surface area contributed by atoms with Crippen molar-refractivity contribution in [1.82, 2.24) is 14.5 Å². The average Bonchev–Trinajstić information content (AvgIpc) is 2.23. The molecule has 0 N–H and O–H groups in total. The van der Waals surface area contributed by atoms with Gasteiger partial charge in [-0.25, -0.2) is 9.97 Å². The second kappa shape index (κ2) is 1.61. The van der Waals surface area contributed by atoms with Crippen LogP contribution in [0.15, 0.2) is 18.3 Å². The third-order valence-electron chi connectivity index (χ3n) is 2.14.